The van der Waals surface area contributed by atoms with Crippen LogP contribution in [0.2, 0.25) is 0 Å². The number of carbonyl (C=O) groups is 2. The van der Waals surface area contributed by atoms with Crippen LogP contribution in [0.1, 0.15) is 50.7 Å². The van der Waals surface area contributed by atoms with Crippen molar-refractivity contribution in [2.45, 2.75) is 65.0 Å². The van der Waals surface area contributed by atoms with Gasteiger partial charge in [-0.15, -0.1) is 0 Å². The predicted octanol–water partition coefficient (Wildman–Crippen LogP) is 2.63. The lowest BCUT2D eigenvalue weighted by Crippen LogP contribution is -2.51. The van der Waals surface area contributed by atoms with Gasteiger partial charge in [-0.2, -0.15) is 0 Å². The number of hydrogen-bond donors (Lipinski definition) is 1. The van der Waals surface area contributed by atoms with Crippen LogP contribution in [0, 0.1) is 12.8 Å². The maximum atomic E-state index is 13.1. The molecule has 1 amide bonds. The highest BCUT2D eigenvalue weighted by Gasteiger charge is 2.38. The number of fused-ring (bicyclic) bond motifs is 1. The molecule has 8 heteroatoms. The molecule has 2 aromatic rings. The summed E-state index contributed by atoms with van der Waals surface area (Å²) in [5, 5.41) is 0. The minimum absolute atomic E-state index is 0.109. The molecular weight excluding hydrogens is 410 g/mol. The van der Waals surface area contributed by atoms with Crippen LogP contribution in [-0.2, 0) is 20.7 Å². The lowest BCUT2D eigenvalue weighted by Gasteiger charge is -2.39. The van der Waals surface area contributed by atoms with Crippen molar-refractivity contribution in [3.05, 3.63) is 33.8 Å². The zero-order valence-corrected chi connectivity index (χ0v) is 19.2. The van der Waals surface area contributed by atoms with Crippen LogP contribution in [0.4, 0.5) is 0 Å². The number of oxazole rings is 1. The quantitative estimate of drug-likeness (QED) is 0.690. The summed E-state index contributed by atoms with van der Waals surface area (Å²) in [4.78, 5) is 43.8. The molecule has 2 atom stereocenters. The topological polar surface area (TPSA) is 95.9 Å². The normalized spacial score (nSPS) is 21.2. The fourth-order valence-electron chi connectivity index (χ4n) is 5.30. The van der Waals surface area contributed by atoms with E-state index in [1.165, 1.54) is 0 Å². The highest BCUT2D eigenvalue weighted by molar-refractivity contribution is 5.80. The molecule has 3 heterocycles. The molecule has 2 aliphatic heterocycles. The summed E-state index contributed by atoms with van der Waals surface area (Å²) in [7, 11) is 0. The maximum Gasteiger partial charge on any atom is 0.417 e. The number of benzene rings is 1. The van der Waals surface area contributed by atoms with E-state index in [1.807, 2.05) is 37.8 Å². The summed E-state index contributed by atoms with van der Waals surface area (Å²) < 4.78 is 10.5. The van der Waals surface area contributed by atoms with Crippen molar-refractivity contribution in [2.75, 3.05) is 26.2 Å². The molecule has 4 rings (SSSR count). The zero-order valence-electron chi connectivity index (χ0n) is 19.2. The van der Waals surface area contributed by atoms with E-state index in [1.54, 1.807) is 0 Å². The Kier molecular flexibility index (Phi) is 6.69. The summed E-state index contributed by atoms with van der Waals surface area (Å²) in [6, 6.07) is 4.05. The second-order valence-corrected chi connectivity index (χ2v) is 9.11. The largest absolute Gasteiger partial charge is 0.465 e. The van der Waals surface area contributed by atoms with E-state index < -0.39 is 5.76 Å². The van der Waals surface area contributed by atoms with E-state index in [-0.39, 0.29) is 23.8 Å². The van der Waals surface area contributed by atoms with E-state index >= 15 is 0 Å². The third-order valence-corrected chi connectivity index (χ3v) is 6.85. The van der Waals surface area contributed by atoms with Crippen molar-refractivity contribution in [1.29, 1.82) is 0 Å². The summed E-state index contributed by atoms with van der Waals surface area (Å²) in [6.45, 7) is 8.49. The molecule has 2 aliphatic rings. The molecule has 8 nitrogen and oxygen atoms in total. The molecule has 1 aromatic heterocycles. The second-order valence-electron chi connectivity index (χ2n) is 9.11. The number of piperidine rings is 1. The van der Waals surface area contributed by atoms with E-state index in [0.717, 1.165) is 43.4 Å². The highest BCUT2D eigenvalue weighted by Crippen LogP contribution is 2.28. The standard InChI is InChI=1S/C24H33N3O5/c1-4-31-23(29)19-6-5-9-27(19)18-7-10-26(11-8-18)22(28)16(3)13-17-12-15(2)21-20(14-17)32-24(30)25-21/h12,14,16,18-19H,4-11,13H2,1-3H3,(H,25,30)/t16-,19+/m1/s1. The van der Waals surface area contributed by atoms with Gasteiger partial charge in [-0.25, -0.2) is 4.79 Å². The van der Waals surface area contributed by atoms with Gasteiger partial charge in [0, 0.05) is 25.0 Å². The number of amides is 1. The number of H-pyrrole nitrogens is 1. The van der Waals surface area contributed by atoms with Gasteiger partial charge in [0.05, 0.1) is 12.1 Å². The van der Waals surface area contributed by atoms with Crippen LogP contribution in [0.5, 0.6) is 0 Å². The SMILES string of the molecule is CCOC(=O)[C@@H]1CCCN1C1CCN(C(=O)[C@H](C)Cc2cc(C)c3[nH]c(=O)oc3c2)CC1. The molecule has 174 valence electrons. The van der Waals surface area contributed by atoms with Crippen molar-refractivity contribution in [2.24, 2.45) is 5.92 Å². The zero-order chi connectivity index (χ0) is 22.8. The molecule has 0 bridgehead atoms. The number of nitrogens with one attached hydrogen (secondary N) is 1. The third-order valence-electron chi connectivity index (χ3n) is 6.85. The average Bonchev–Trinajstić information content (AvgIpc) is 3.40. The number of likely N-dealkylation sites (tertiary alicyclic amines) is 2. The lowest BCUT2D eigenvalue weighted by atomic mass is 9.96. The van der Waals surface area contributed by atoms with Gasteiger partial charge in [-0.3, -0.25) is 19.5 Å². The first-order valence-electron chi connectivity index (χ1n) is 11.7. The van der Waals surface area contributed by atoms with Gasteiger partial charge in [0.15, 0.2) is 5.58 Å². The Morgan fingerprint density at radius 1 is 1.22 bits per heavy atom. The fourth-order valence-corrected chi connectivity index (χ4v) is 5.30. The summed E-state index contributed by atoms with van der Waals surface area (Å²) >= 11 is 0. The molecule has 0 spiro atoms. The van der Waals surface area contributed by atoms with Gasteiger partial charge in [-0.1, -0.05) is 13.0 Å². The van der Waals surface area contributed by atoms with Crippen molar-refractivity contribution in [3.63, 3.8) is 0 Å². The Morgan fingerprint density at radius 2 is 1.97 bits per heavy atom. The molecular formula is C24H33N3O5. The van der Waals surface area contributed by atoms with E-state index in [9.17, 15) is 14.4 Å². The molecule has 32 heavy (non-hydrogen) atoms. The lowest BCUT2D eigenvalue weighted by molar-refractivity contribution is -0.150. The van der Waals surface area contributed by atoms with Crippen LogP contribution in [0.3, 0.4) is 0 Å². The molecule has 2 saturated heterocycles. The monoisotopic (exact) mass is 443 g/mol. The van der Waals surface area contributed by atoms with E-state index in [0.29, 0.717) is 43.3 Å². The molecule has 1 N–H and O–H groups in total. The summed E-state index contributed by atoms with van der Waals surface area (Å²) in [5.41, 5.74) is 3.17. The van der Waals surface area contributed by atoms with Crippen molar-refractivity contribution in [3.8, 4) is 0 Å². The maximum absolute atomic E-state index is 13.1. The predicted molar refractivity (Wildman–Crippen MR) is 120 cm³/mol. The minimum atomic E-state index is -0.463. The first-order chi connectivity index (χ1) is 15.4. The number of aromatic amines is 1. The van der Waals surface area contributed by atoms with Crippen molar-refractivity contribution < 1.29 is 18.7 Å². The first-order valence-corrected chi connectivity index (χ1v) is 11.7. The molecule has 0 radical (unpaired) electrons. The first kappa shape index (κ1) is 22.6. The highest BCUT2D eigenvalue weighted by atomic mass is 16.5. The number of aryl methyl sites for hydroxylation is 1. The van der Waals surface area contributed by atoms with Gasteiger partial charge in [0.1, 0.15) is 6.04 Å². The van der Waals surface area contributed by atoms with Gasteiger partial charge in [0.25, 0.3) is 0 Å². The Hall–Kier alpha value is -2.61. The number of esters is 1. The number of rotatable bonds is 6. The van der Waals surface area contributed by atoms with Crippen LogP contribution >= 0.6 is 0 Å². The Labute approximate surface area is 187 Å². The number of carbonyl (C=O) groups excluding carboxylic acids is 2. The van der Waals surface area contributed by atoms with Crippen molar-refractivity contribution in [1.82, 2.24) is 14.8 Å². The van der Waals surface area contributed by atoms with E-state index in [2.05, 4.69) is 9.88 Å². The van der Waals surface area contributed by atoms with Gasteiger partial charge >= 0.3 is 11.7 Å². The number of aromatic nitrogens is 1. The van der Waals surface area contributed by atoms with Crippen molar-refractivity contribution >= 4 is 23.0 Å². The molecule has 1 aromatic carbocycles. The summed E-state index contributed by atoms with van der Waals surface area (Å²) in [5.74, 6) is -0.577. The Balaban J connectivity index is 1.34. The van der Waals surface area contributed by atoms with Gasteiger partial charge < -0.3 is 14.1 Å². The van der Waals surface area contributed by atoms with Crippen LogP contribution in [0.15, 0.2) is 21.3 Å². The molecule has 2 fully saturated rings. The average molecular weight is 444 g/mol. The molecule has 0 unspecified atom stereocenters. The van der Waals surface area contributed by atoms with E-state index in [4.69, 9.17) is 9.15 Å². The number of ether oxygens (including phenoxy) is 1. The fraction of sp³-hybridized carbons (Fsp3) is 0.625. The number of nitrogens with zero attached hydrogens (tertiary/aromatic N) is 2. The minimum Gasteiger partial charge on any atom is -0.465 e. The van der Waals surface area contributed by atoms with Gasteiger partial charge in [-0.05, 0) is 69.7 Å². The Bertz CT molecular complexity index is 1030. The Morgan fingerprint density at radius 3 is 2.69 bits per heavy atom. The second kappa shape index (κ2) is 9.48. The van der Waals surface area contributed by atoms with Crippen LogP contribution in [0.25, 0.3) is 11.1 Å². The van der Waals surface area contributed by atoms with Crippen LogP contribution in [-0.4, -0.2) is 65.0 Å². The third kappa shape index (κ3) is 4.60. The van der Waals surface area contributed by atoms with Crippen LogP contribution < -0.4 is 5.76 Å². The smallest absolute Gasteiger partial charge is 0.417 e. The molecule has 0 saturated carbocycles. The molecule has 0 aliphatic carbocycles. The number of hydrogen-bond acceptors (Lipinski definition) is 6. The summed E-state index contributed by atoms with van der Waals surface area (Å²) in [6.07, 6.45) is 4.24. The van der Waals surface area contributed by atoms with Gasteiger partial charge in [0.2, 0.25) is 5.91 Å².